The topological polar surface area (TPSA) is 95.5 Å². The summed E-state index contributed by atoms with van der Waals surface area (Å²) in [6, 6.07) is 0. The lowest BCUT2D eigenvalue weighted by atomic mass is 9.92. The van der Waals surface area contributed by atoms with Crippen LogP contribution in [0.1, 0.15) is 40.0 Å². The van der Waals surface area contributed by atoms with Crippen LogP contribution in [0.2, 0.25) is 0 Å². The second-order valence-electron chi connectivity index (χ2n) is 6.38. The Morgan fingerprint density at radius 2 is 1.68 bits per heavy atom. The van der Waals surface area contributed by atoms with Gasteiger partial charge in [0.1, 0.15) is 0 Å². The van der Waals surface area contributed by atoms with Gasteiger partial charge in [0.15, 0.2) is 0 Å². The van der Waals surface area contributed by atoms with Crippen LogP contribution >= 0.6 is 0 Å². The summed E-state index contributed by atoms with van der Waals surface area (Å²) < 4.78 is 0. The first-order chi connectivity index (χ1) is 8.65. The third kappa shape index (κ3) is 5.28. The number of amides is 2. The quantitative estimate of drug-likeness (QED) is 0.655. The highest BCUT2D eigenvalue weighted by atomic mass is 16.4. The molecule has 3 N–H and O–H groups in total. The molecule has 0 spiro atoms. The van der Waals surface area contributed by atoms with Crippen molar-refractivity contribution in [3.63, 3.8) is 0 Å². The van der Waals surface area contributed by atoms with Crippen LogP contribution in [0.4, 0.5) is 0 Å². The van der Waals surface area contributed by atoms with Crippen LogP contribution in [-0.2, 0) is 14.4 Å². The predicted octanol–water partition coefficient (Wildman–Crippen LogP) is 0.520. The van der Waals surface area contributed by atoms with Gasteiger partial charge in [-0.25, -0.2) is 0 Å². The summed E-state index contributed by atoms with van der Waals surface area (Å²) in [5.74, 6) is -1.40. The van der Waals surface area contributed by atoms with Gasteiger partial charge in [-0.15, -0.1) is 0 Å². The monoisotopic (exact) mass is 270 g/mol. The zero-order valence-electron chi connectivity index (χ0n) is 11.7. The summed E-state index contributed by atoms with van der Waals surface area (Å²) in [4.78, 5) is 33.9. The van der Waals surface area contributed by atoms with Crippen LogP contribution in [0.15, 0.2) is 0 Å². The van der Waals surface area contributed by atoms with Gasteiger partial charge in [-0.1, -0.05) is 20.8 Å². The standard InChI is InChI=1S/C13H22N2O4/c1-12(2,3)6-9(16)14-7-10(17)15-8-13(4-5-13)11(18)19/h4-8H2,1-3H3,(H,14,16)(H,15,17)(H,18,19). The number of aliphatic carboxylic acids is 1. The molecule has 1 aliphatic rings. The Hall–Kier alpha value is -1.59. The summed E-state index contributed by atoms with van der Waals surface area (Å²) in [6.45, 7) is 5.85. The molecule has 6 nitrogen and oxygen atoms in total. The van der Waals surface area contributed by atoms with Crippen LogP contribution in [0.3, 0.4) is 0 Å². The Labute approximate surface area is 112 Å². The third-order valence-corrected chi connectivity index (χ3v) is 3.07. The van der Waals surface area contributed by atoms with Crippen LogP contribution in [0.25, 0.3) is 0 Å². The predicted molar refractivity (Wildman–Crippen MR) is 69.4 cm³/mol. The van der Waals surface area contributed by atoms with Gasteiger partial charge in [0.25, 0.3) is 0 Å². The Balaban J connectivity index is 2.22. The summed E-state index contributed by atoms with van der Waals surface area (Å²) in [5, 5.41) is 14.0. The van der Waals surface area contributed by atoms with E-state index in [4.69, 9.17) is 5.11 Å². The van der Waals surface area contributed by atoms with E-state index in [1.165, 1.54) is 0 Å². The van der Waals surface area contributed by atoms with E-state index in [1.807, 2.05) is 20.8 Å². The Morgan fingerprint density at radius 3 is 2.11 bits per heavy atom. The van der Waals surface area contributed by atoms with E-state index in [9.17, 15) is 14.4 Å². The minimum atomic E-state index is -0.871. The van der Waals surface area contributed by atoms with Gasteiger partial charge in [0.2, 0.25) is 11.8 Å². The van der Waals surface area contributed by atoms with Crippen LogP contribution in [0, 0.1) is 10.8 Å². The molecule has 0 aromatic heterocycles. The molecular formula is C13H22N2O4. The molecule has 1 aliphatic carbocycles. The zero-order chi connectivity index (χ0) is 14.7. The maximum atomic E-state index is 11.5. The maximum Gasteiger partial charge on any atom is 0.311 e. The van der Waals surface area contributed by atoms with Crippen LogP contribution in [-0.4, -0.2) is 36.0 Å². The first-order valence-corrected chi connectivity index (χ1v) is 6.41. The van der Waals surface area contributed by atoms with E-state index in [0.717, 1.165) is 0 Å². The molecule has 0 unspecified atom stereocenters. The Morgan fingerprint density at radius 1 is 1.11 bits per heavy atom. The molecule has 2 amide bonds. The van der Waals surface area contributed by atoms with E-state index < -0.39 is 11.4 Å². The molecule has 19 heavy (non-hydrogen) atoms. The molecule has 6 heteroatoms. The molecule has 0 aliphatic heterocycles. The number of carboxylic acid groups (broad SMARTS) is 1. The number of rotatable bonds is 6. The lowest BCUT2D eigenvalue weighted by Gasteiger charge is -2.17. The van der Waals surface area contributed by atoms with Gasteiger partial charge >= 0.3 is 5.97 Å². The molecule has 0 heterocycles. The van der Waals surface area contributed by atoms with Crippen LogP contribution in [0.5, 0.6) is 0 Å². The third-order valence-electron chi connectivity index (χ3n) is 3.07. The number of hydrogen-bond donors (Lipinski definition) is 3. The average molecular weight is 270 g/mol. The van der Waals surface area contributed by atoms with Crippen molar-refractivity contribution < 1.29 is 19.5 Å². The Bertz CT molecular complexity index is 381. The maximum absolute atomic E-state index is 11.5. The van der Waals surface area contributed by atoms with Crippen molar-refractivity contribution >= 4 is 17.8 Å². The molecule has 1 fully saturated rings. The molecule has 1 saturated carbocycles. The van der Waals surface area contributed by atoms with Gasteiger partial charge in [0.05, 0.1) is 12.0 Å². The normalized spacial score (nSPS) is 16.6. The molecule has 0 saturated heterocycles. The highest BCUT2D eigenvalue weighted by Gasteiger charge is 2.50. The summed E-state index contributed by atoms with van der Waals surface area (Å²) in [6.07, 6.45) is 1.54. The van der Waals surface area contributed by atoms with Crippen molar-refractivity contribution in [2.24, 2.45) is 10.8 Å². The minimum absolute atomic E-state index is 0.107. The summed E-state index contributed by atoms with van der Waals surface area (Å²) >= 11 is 0. The van der Waals surface area contributed by atoms with Gasteiger partial charge in [-0.05, 0) is 18.3 Å². The van der Waals surface area contributed by atoms with Crippen molar-refractivity contribution in [1.29, 1.82) is 0 Å². The lowest BCUT2D eigenvalue weighted by molar-refractivity contribution is -0.143. The van der Waals surface area contributed by atoms with Crippen molar-refractivity contribution in [1.82, 2.24) is 10.6 Å². The lowest BCUT2D eigenvalue weighted by Crippen LogP contribution is -2.41. The second kappa shape index (κ2) is 5.59. The van der Waals surface area contributed by atoms with Gasteiger partial charge in [0, 0.05) is 13.0 Å². The first kappa shape index (κ1) is 15.5. The van der Waals surface area contributed by atoms with Gasteiger partial charge in [-0.3, -0.25) is 14.4 Å². The highest BCUT2D eigenvalue weighted by Crippen LogP contribution is 2.45. The molecular weight excluding hydrogens is 248 g/mol. The number of carbonyl (C=O) groups is 3. The largest absolute Gasteiger partial charge is 0.481 e. The van der Waals surface area contributed by atoms with Crippen LogP contribution < -0.4 is 10.6 Å². The molecule has 0 radical (unpaired) electrons. The van der Waals surface area contributed by atoms with Crippen molar-refractivity contribution in [3.8, 4) is 0 Å². The summed E-state index contributed by atoms with van der Waals surface area (Å²) in [5.41, 5.74) is -0.896. The van der Waals surface area contributed by atoms with E-state index in [2.05, 4.69) is 10.6 Å². The fraction of sp³-hybridized carbons (Fsp3) is 0.769. The number of carbonyl (C=O) groups excluding carboxylic acids is 2. The fourth-order valence-corrected chi connectivity index (χ4v) is 1.67. The molecule has 108 valence electrons. The zero-order valence-corrected chi connectivity index (χ0v) is 11.7. The minimum Gasteiger partial charge on any atom is -0.481 e. The van der Waals surface area contributed by atoms with Gasteiger partial charge < -0.3 is 15.7 Å². The second-order valence-corrected chi connectivity index (χ2v) is 6.38. The van der Waals surface area contributed by atoms with Crippen molar-refractivity contribution in [2.45, 2.75) is 40.0 Å². The molecule has 0 aromatic rings. The molecule has 0 atom stereocenters. The number of nitrogens with one attached hydrogen (secondary N) is 2. The molecule has 0 aromatic carbocycles. The molecule has 0 bridgehead atoms. The van der Waals surface area contributed by atoms with E-state index in [-0.39, 0.29) is 30.3 Å². The SMILES string of the molecule is CC(C)(C)CC(=O)NCC(=O)NCC1(C(=O)O)CC1. The fourth-order valence-electron chi connectivity index (χ4n) is 1.67. The average Bonchev–Trinajstić information content (AvgIpc) is 3.02. The Kier molecular flexibility index (Phi) is 4.55. The first-order valence-electron chi connectivity index (χ1n) is 6.41. The van der Waals surface area contributed by atoms with E-state index >= 15 is 0 Å². The number of carboxylic acids is 1. The summed E-state index contributed by atoms with van der Waals surface area (Å²) in [7, 11) is 0. The number of hydrogen-bond acceptors (Lipinski definition) is 3. The van der Waals surface area contributed by atoms with Crippen molar-refractivity contribution in [2.75, 3.05) is 13.1 Å². The van der Waals surface area contributed by atoms with Crippen molar-refractivity contribution in [3.05, 3.63) is 0 Å². The highest BCUT2D eigenvalue weighted by molar-refractivity contribution is 5.85. The smallest absolute Gasteiger partial charge is 0.311 e. The molecule has 1 rings (SSSR count). The van der Waals surface area contributed by atoms with E-state index in [0.29, 0.717) is 19.3 Å². The van der Waals surface area contributed by atoms with E-state index in [1.54, 1.807) is 0 Å². The van der Waals surface area contributed by atoms with Gasteiger partial charge in [-0.2, -0.15) is 0 Å².